The summed E-state index contributed by atoms with van der Waals surface area (Å²) in [6, 6.07) is 3.91. The smallest absolute Gasteiger partial charge is 0.356 e. The molecule has 88 valence electrons. The monoisotopic (exact) mass is 254 g/mol. The minimum Gasteiger partial charge on any atom is -0.476 e. The van der Waals surface area contributed by atoms with Crippen molar-refractivity contribution >= 4 is 17.6 Å². The fourth-order valence-electron chi connectivity index (χ4n) is 1.50. The molecule has 0 atom stereocenters. The number of carboxylic acids is 1. The number of benzene rings is 1. The molecule has 0 spiro atoms. The second-order valence-electron chi connectivity index (χ2n) is 3.52. The van der Waals surface area contributed by atoms with Gasteiger partial charge in [0.15, 0.2) is 5.69 Å². The standard InChI is InChI=1S/C11H8ClFN2O2/c1-5-9(11(16)17)15-10(14-5)6-2-7(12)4-8(13)3-6/h2-4H,1H3,(H,14,15)(H,16,17). The molecular formula is C11H8ClFN2O2. The first-order valence-electron chi connectivity index (χ1n) is 4.73. The van der Waals surface area contributed by atoms with Gasteiger partial charge < -0.3 is 10.1 Å². The summed E-state index contributed by atoms with van der Waals surface area (Å²) in [6.07, 6.45) is 0. The van der Waals surface area contributed by atoms with Crippen molar-refractivity contribution in [1.82, 2.24) is 9.97 Å². The van der Waals surface area contributed by atoms with Crippen LogP contribution in [-0.4, -0.2) is 21.0 Å². The molecule has 0 saturated carbocycles. The molecule has 6 heteroatoms. The van der Waals surface area contributed by atoms with Crippen molar-refractivity contribution in [2.75, 3.05) is 0 Å². The lowest BCUT2D eigenvalue weighted by Crippen LogP contribution is -1.98. The second kappa shape index (κ2) is 4.18. The Morgan fingerprint density at radius 2 is 2.18 bits per heavy atom. The number of aromatic carboxylic acids is 1. The Morgan fingerprint density at radius 3 is 2.71 bits per heavy atom. The number of aromatic nitrogens is 2. The van der Waals surface area contributed by atoms with E-state index in [-0.39, 0.29) is 16.5 Å². The van der Waals surface area contributed by atoms with Crippen LogP contribution in [0.5, 0.6) is 0 Å². The van der Waals surface area contributed by atoms with Gasteiger partial charge in [0.05, 0.1) is 0 Å². The summed E-state index contributed by atoms with van der Waals surface area (Å²) in [5.74, 6) is -1.35. The number of hydrogen-bond donors (Lipinski definition) is 2. The van der Waals surface area contributed by atoms with Gasteiger partial charge in [0.2, 0.25) is 0 Å². The van der Waals surface area contributed by atoms with Crippen LogP contribution in [0.3, 0.4) is 0 Å². The highest BCUT2D eigenvalue weighted by Crippen LogP contribution is 2.23. The van der Waals surface area contributed by atoms with E-state index in [0.29, 0.717) is 11.3 Å². The first-order chi connectivity index (χ1) is 7.97. The molecule has 0 aliphatic rings. The average Bonchev–Trinajstić information content (AvgIpc) is 2.59. The van der Waals surface area contributed by atoms with E-state index in [1.54, 1.807) is 6.92 Å². The molecule has 0 unspecified atom stereocenters. The predicted octanol–water partition coefficient (Wildman–Crippen LogP) is 2.88. The number of carbonyl (C=O) groups is 1. The molecular weight excluding hydrogens is 247 g/mol. The first-order valence-corrected chi connectivity index (χ1v) is 5.11. The molecule has 0 radical (unpaired) electrons. The maximum atomic E-state index is 13.1. The summed E-state index contributed by atoms with van der Waals surface area (Å²) in [6.45, 7) is 1.58. The number of aryl methyl sites for hydroxylation is 1. The van der Waals surface area contributed by atoms with Crippen LogP contribution >= 0.6 is 11.6 Å². The molecule has 0 saturated heterocycles. The summed E-state index contributed by atoms with van der Waals surface area (Å²) in [7, 11) is 0. The number of rotatable bonds is 2. The molecule has 0 aliphatic carbocycles. The van der Waals surface area contributed by atoms with Crippen LogP contribution in [0, 0.1) is 12.7 Å². The van der Waals surface area contributed by atoms with Crippen LogP contribution < -0.4 is 0 Å². The van der Waals surface area contributed by atoms with Gasteiger partial charge in [-0.1, -0.05) is 11.6 Å². The molecule has 0 aliphatic heterocycles. The quantitative estimate of drug-likeness (QED) is 0.866. The van der Waals surface area contributed by atoms with Crippen LogP contribution in [-0.2, 0) is 0 Å². The number of carboxylic acid groups (broad SMARTS) is 1. The van der Waals surface area contributed by atoms with Crippen molar-refractivity contribution in [3.63, 3.8) is 0 Å². The SMILES string of the molecule is Cc1[nH]c(-c2cc(F)cc(Cl)c2)nc1C(=O)O. The number of aromatic amines is 1. The molecule has 1 aromatic heterocycles. The molecule has 2 N–H and O–H groups in total. The van der Waals surface area contributed by atoms with E-state index < -0.39 is 11.8 Å². The van der Waals surface area contributed by atoms with E-state index in [2.05, 4.69) is 9.97 Å². The maximum Gasteiger partial charge on any atom is 0.356 e. The van der Waals surface area contributed by atoms with E-state index in [1.165, 1.54) is 18.2 Å². The lowest BCUT2D eigenvalue weighted by Gasteiger charge is -1.98. The van der Waals surface area contributed by atoms with Crippen LogP contribution in [0.2, 0.25) is 5.02 Å². The maximum absolute atomic E-state index is 13.1. The van der Waals surface area contributed by atoms with Gasteiger partial charge in [0.1, 0.15) is 11.6 Å². The van der Waals surface area contributed by atoms with Crippen molar-refractivity contribution in [1.29, 1.82) is 0 Å². The third-order valence-electron chi connectivity index (χ3n) is 2.22. The van der Waals surface area contributed by atoms with Gasteiger partial charge in [0.25, 0.3) is 0 Å². The van der Waals surface area contributed by atoms with Gasteiger partial charge in [-0.15, -0.1) is 0 Å². The van der Waals surface area contributed by atoms with E-state index in [4.69, 9.17) is 16.7 Å². The highest BCUT2D eigenvalue weighted by molar-refractivity contribution is 6.30. The Bertz CT molecular complexity index is 575. The Balaban J connectivity index is 2.53. The minimum atomic E-state index is -1.13. The zero-order valence-electron chi connectivity index (χ0n) is 8.79. The normalized spacial score (nSPS) is 10.5. The number of nitrogens with one attached hydrogen (secondary N) is 1. The van der Waals surface area contributed by atoms with Gasteiger partial charge in [-0.05, 0) is 25.1 Å². The lowest BCUT2D eigenvalue weighted by molar-refractivity contribution is 0.0690. The molecule has 17 heavy (non-hydrogen) atoms. The Kier molecular flexibility index (Phi) is 2.85. The Morgan fingerprint density at radius 1 is 1.47 bits per heavy atom. The van der Waals surface area contributed by atoms with Gasteiger partial charge >= 0.3 is 5.97 Å². The fraction of sp³-hybridized carbons (Fsp3) is 0.0909. The van der Waals surface area contributed by atoms with E-state index in [0.717, 1.165) is 0 Å². The van der Waals surface area contributed by atoms with Crippen molar-refractivity contribution in [2.45, 2.75) is 6.92 Å². The summed E-state index contributed by atoms with van der Waals surface area (Å²) in [5.41, 5.74) is 0.735. The van der Waals surface area contributed by atoms with Gasteiger partial charge in [-0.25, -0.2) is 14.2 Å². The molecule has 0 bridgehead atoms. The summed E-state index contributed by atoms with van der Waals surface area (Å²) in [4.78, 5) is 17.5. The lowest BCUT2D eigenvalue weighted by atomic mass is 10.2. The van der Waals surface area contributed by atoms with Crippen molar-refractivity contribution in [3.05, 3.63) is 40.4 Å². The van der Waals surface area contributed by atoms with Crippen molar-refractivity contribution in [3.8, 4) is 11.4 Å². The Hall–Kier alpha value is -1.88. The zero-order chi connectivity index (χ0) is 12.6. The fourth-order valence-corrected chi connectivity index (χ4v) is 1.72. The average molecular weight is 255 g/mol. The van der Waals surface area contributed by atoms with Gasteiger partial charge in [-0.3, -0.25) is 0 Å². The first kappa shape index (κ1) is 11.6. The number of nitrogens with zero attached hydrogens (tertiary/aromatic N) is 1. The third-order valence-corrected chi connectivity index (χ3v) is 2.44. The van der Waals surface area contributed by atoms with Crippen LogP contribution in [0.1, 0.15) is 16.2 Å². The molecule has 2 aromatic rings. The Labute approximate surface area is 101 Å². The number of halogens is 2. The van der Waals surface area contributed by atoms with Crippen LogP contribution in [0.15, 0.2) is 18.2 Å². The highest BCUT2D eigenvalue weighted by Gasteiger charge is 2.14. The predicted molar refractivity (Wildman–Crippen MR) is 60.7 cm³/mol. The van der Waals surface area contributed by atoms with Gasteiger partial charge in [0, 0.05) is 16.3 Å². The molecule has 0 fully saturated rings. The van der Waals surface area contributed by atoms with Crippen molar-refractivity contribution < 1.29 is 14.3 Å². The number of H-pyrrole nitrogens is 1. The highest BCUT2D eigenvalue weighted by atomic mass is 35.5. The molecule has 1 aromatic carbocycles. The largest absolute Gasteiger partial charge is 0.476 e. The van der Waals surface area contributed by atoms with Crippen LogP contribution in [0.4, 0.5) is 4.39 Å². The minimum absolute atomic E-state index is 0.0830. The summed E-state index contributed by atoms with van der Waals surface area (Å²) < 4.78 is 13.1. The zero-order valence-corrected chi connectivity index (χ0v) is 9.55. The molecule has 1 heterocycles. The van der Waals surface area contributed by atoms with E-state index >= 15 is 0 Å². The second-order valence-corrected chi connectivity index (χ2v) is 3.96. The number of imidazole rings is 1. The number of hydrogen-bond acceptors (Lipinski definition) is 2. The summed E-state index contributed by atoms with van der Waals surface area (Å²) in [5, 5.41) is 9.08. The van der Waals surface area contributed by atoms with Gasteiger partial charge in [-0.2, -0.15) is 0 Å². The van der Waals surface area contributed by atoms with Crippen molar-refractivity contribution in [2.24, 2.45) is 0 Å². The molecule has 2 rings (SSSR count). The van der Waals surface area contributed by atoms with E-state index in [9.17, 15) is 9.18 Å². The molecule has 4 nitrogen and oxygen atoms in total. The topological polar surface area (TPSA) is 66.0 Å². The summed E-state index contributed by atoms with van der Waals surface area (Å²) >= 11 is 5.71. The van der Waals surface area contributed by atoms with E-state index in [1.807, 2.05) is 0 Å². The molecule has 0 amide bonds. The van der Waals surface area contributed by atoms with Crippen LogP contribution in [0.25, 0.3) is 11.4 Å². The third kappa shape index (κ3) is 2.29.